The van der Waals surface area contributed by atoms with Crippen LogP contribution in [0.3, 0.4) is 0 Å². The number of hydrogen-bond donors (Lipinski definition) is 1. The van der Waals surface area contributed by atoms with Crippen molar-refractivity contribution in [1.29, 1.82) is 0 Å². The van der Waals surface area contributed by atoms with Gasteiger partial charge in [0.1, 0.15) is 0 Å². The zero-order valence-corrected chi connectivity index (χ0v) is 7.44. The number of Topliss-reactive ketones (excluding diaryl/α,β-unsaturated/α-hetero) is 1. The van der Waals surface area contributed by atoms with Crippen molar-refractivity contribution in [3.8, 4) is 0 Å². The Morgan fingerprint density at radius 2 is 2.46 bits per heavy atom. The van der Waals surface area contributed by atoms with E-state index in [0.29, 0.717) is 24.6 Å². The summed E-state index contributed by atoms with van der Waals surface area (Å²) in [5, 5.41) is 4.14. The maximum atomic E-state index is 11.4. The monoisotopic (exact) mass is 179 g/mol. The molecule has 1 aliphatic rings. The summed E-state index contributed by atoms with van der Waals surface area (Å²) in [4.78, 5) is 11.4. The molecule has 0 radical (unpaired) electrons. The van der Waals surface area contributed by atoms with Gasteiger partial charge in [-0.05, 0) is 19.4 Å². The fraction of sp³-hybridized carbons (Fsp3) is 0.556. The highest BCUT2D eigenvalue weighted by Crippen LogP contribution is 2.34. The SMILES string of the molecule is NCCC(=O)c1cnn(C2CC2)c1. The van der Waals surface area contributed by atoms with Gasteiger partial charge in [0, 0.05) is 12.6 Å². The first kappa shape index (κ1) is 8.44. The van der Waals surface area contributed by atoms with Gasteiger partial charge in [-0.3, -0.25) is 9.48 Å². The first-order chi connectivity index (χ1) is 6.31. The van der Waals surface area contributed by atoms with Crippen LogP contribution in [0.2, 0.25) is 0 Å². The van der Waals surface area contributed by atoms with Crippen molar-refractivity contribution in [1.82, 2.24) is 9.78 Å². The Balaban J connectivity index is 2.07. The molecule has 1 heterocycles. The lowest BCUT2D eigenvalue weighted by atomic mass is 10.2. The van der Waals surface area contributed by atoms with Crippen LogP contribution in [0.1, 0.15) is 35.7 Å². The zero-order valence-electron chi connectivity index (χ0n) is 7.44. The van der Waals surface area contributed by atoms with Gasteiger partial charge < -0.3 is 5.73 Å². The first-order valence-corrected chi connectivity index (χ1v) is 4.58. The van der Waals surface area contributed by atoms with Gasteiger partial charge in [-0.2, -0.15) is 5.10 Å². The molecular weight excluding hydrogens is 166 g/mol. The Bertz CT molecular complexity index is 314. The van der Waals surface area contributed by atoms with Crippen molar-refractivity contribution in [2.24, 2.45) is 5.73 Å². The van der Waals surface area contributed by atoms with Gasteiger partial charge >= 0.3 is 0 Å². The molecule has 13 heavy (non-hydrogen) atoms. The molecule has 1 aromatic rings. The summed E-state index contributed by atoms with van der Waals surface area (Å²) in [6.07, 6.45) is 6.25. The molecule has 2 rings (SSSR count). The van der Waals surface area contributed by atoms with E-state index in [9.17, 15) is 4.79 Å². The Labute approximate surface area is 76.7 Å². The van der Waals surface area contributed by atoms with Gasteiger partial charge in [0.05, 0.1) is 17.8 Å². The van der Waals surface area contributed by atoms with E-state index in [0.717, 1.165) is 0 Å². The number of ketones is 1. The average Bonchev–Trinajstić information content (AvgIpc) is 2.84. The lowest BCUT2D eigenvalue weighted by Crippen LogP contribution is -2.07. The second-order valence-corrected chi connectivity index (χ2v) is 3.40. The molecule has 0 amide bonds. The molecule has 70 valence electrons. The molecule has 1 aliphatic carbocycles. The van der Waals surface area contributed by atoms with E-state index in [2.05, 4.69) is 5.10 Å². The highest BCUT2D eigenvalue weighted by Gasteiger charge is 2.24. The molecule has 1 fully saturated rings. The number of nitrogens with zero attached hydrogens (tertiary/aromatic N) is 2. The predicted molar refractivity (Wildman–Crippen MR) is 48.5 cm³/mol. The smallest absolute Gasteiger partial charge is 0.167 e. The third-order valence-electron chi connectivity index (χ3n) is 2.22. The zero-order chi connectivity index (χ0) is 9.26. The number of rotatable bonds is 4. The van der Waals surface area contributed by atoms with Gasteiger partial charge in [0.25, 0.3) is 0 Å². The molecule has 1 aromatic heterocycles. The van der Waals surface area contributed by atoms with E-state index in [1.165, 1.54) is 12.8 Å². The van der Waals surface area contributed by atoms with Crippen LogP contribution in [-0.2, 0) is 0 Å². The van der Waals surface area contributed by atoms with Crippen molar-refractivity contribution in [3.63, 3.8) is 0 Å². The minimum Gasteiger partial charge on any atom is -0.330 e. The maximum Gasteiger partial charge on any atom is 0.167 e. The van der Waals surface area contributed by atoms with Gasteiger partial charge in [0.2, 0.25) is 0 Å². The molecule has 0 spiro atoms. The van der Waals surface area contributed by atoms with Gasteiger partial charge in [0.15, 0.2) is 5.78 Å². The number of carbonyl (C=O) groups excluding carboxylic acids is 1. The third kappa shape index (κ3) is 1.78. The van der Waals surface area contributed by atoms with Crippen LogP contribution in [0.25, 0.3) is 0 Å². The summed E-state index contributed by atoms with van der Waals surface area (Å²) in [6, 6.07) is 0.541. The van der Waals surface area contributed by atoms with Crippen LogP contribution in [0.5, 0.6) is 0 Å². The molecule has 0 bridgehead atoms. The Morgan fingerprint density at radius 3 is 3.08 bits per heavy atom. The molecule has 0 aliphatic heterocycles. The molecular formula is C9H13N3O. The second-order valence-electron chi connectivity index (χ2n) is 3.40. The van der Waals surface area contributed by atoms with Gasteiger partial charge in [-0.1, -0.05) is 0 Å². The van der Waals surface area contributed by atoms with Crippen molar-refractivity contribution >= 4 is 5.78 Å². The van der Waals surface area contributed by atoms with Crippen molar-refractivity contribution < 1.29 is 4.79 Å². The lowest BCUT2D eigenvalue weighted by Gasteiger charge is -1.94. The molecule has 1 saturated carbocycles. The van der Waals surface area contributed by atoms with Gasteiger partial charge in [-0.25, -0.2) is 0 Å². The van der Waals surface area contributed by atoms with Crippen molar-refractivity contribution in [3.05, 3.63) is 18.0 Å². The fourth-order valence-corrected chi connectivity index (χ4v) is 1.30. The number of carbonyl (C=O) groups is 1. The normalized spacial score (nSPS) is 16.1. The minimum atomic E-state index is 0.0920. The highest BCUT2D eigenvalue weighted by atomic mass is 16.1. The molecule has 2 N–H and O–H groups in total. The van der Waals surface area contributed by atoms with Crippen LogP contribution in [0, 0.1) is 0 Å². The number of nitrogens with two attached hydrogens (primary N) is 1. The van der Waals surface area contributed by atoms with Gasteiger partial charge in [-0.15, -0.1) is 0 Å². The Hall–Kier alpha value is -1.16. The Morgan fingerprint density at radius 1 is 1.69 bits per heavy atom. The maximum absolute atomic E-state index is 11.4. The van der Waals surface area contributed by atoms with Crippen LogP contribution >= 0.6 is 0 Å². The second kappa shape index (κ2) is 3.30. The molecule has 0 saturated heterocycles. The van der Waals surface area contributed by atoms with E-state index >= 15 is 0 Å². The van der Waals surface area contributed by atoms with Crippen LogP contribution in [-0.4, -0.2) is 22.1 Å². The lowest BCUT2D eigenvalue weighted by molar-refractivity contribution is 0.0985. The average molecular weight is 179 g/mol. The molecule has 0 atom stereocenters. The standard InChI is InChI=1S/C9H13N3O/c10-4-3-9(13)7-5-11-12(6-7)8-1-2-8/h5-6,8H,1-4,10H2. The molecule has 0 unspecified atom stereocenters. The minimum absolute atomic E-state index is 0.0920. The summed E-state index contributed by atoms with van der Waals surface area (Å²) in [6.45, 7) is 0.410. The largest absolute Gasteiger partial charge is 0.330 e. The van der Waals surface area contributed by atoms with Crippen LogP contribution < -0.4 is 5.73 Å². The summed E-state index contributed by atoms with van der Waals surface area (Å²) < 4.78 is 1.88. The van der Waals surface area contributed by atoms with E-state index in [-0.39, 0.29) is 5.78 Å². The quantitative estimate of drug-likeness (QED) is 0.694. The first-order valence-electron chi connectivity index (χ1n) is 4.58. The molecule has 0 aromatic carbocycles. The van der Waals surface area contributed by atoms with Crippen LogP contribution in [0.4, 0.5) is 0 Å². The topological polar surface area (TPSA) is 60.9 Å². The predicted octanol–water partition coefficient (Wildman–Crippen LogP) is 0.749. The highest BCUT2D eigenvalue weighted by molar-refractivity contribution is 5.95. The van der Waals surface area contributed by atoms with Crippen LogP contribution in [0.15, 0.2) is 12.4 Å². The number of aromatic nitrogens is 2. The van der Waals surface area contributed by atoms with Crippen molar-refractivity contribution in [2.45, 2.75) is 25.3 Å². The van der Waals surface area contributed by atoms with E-state index in [4.69, 9.17) is 5.73 Å². The third-order valence-corrected chi connectivity index (χ3v) is 2.22. The summed E-state index contributed by atoms with van der Waals surface area (Å²) >= 11 is 0. The fourth-order valence-electron chi connectivity index (χ4n) is 1.30. The van der Waals surface area contributed by atoms with Crippen molar-refractivity contribution in [2.75, 3.05) is 6.54 Å². The Kier molecular flexibility index (Phi) is 2.14. The van der Waals surface area contributed by atoms with E-state index < -0.39 is 0 Å². The summed E-state index contributed by atoms with van der Waals surface area (Å²) in [7, 11) is 0. The molecule has 4 nitrogen and oxygen atoms in total. The van der Waals surface area contributed by atoms with E-state index in [1.54, 1.807) is 6.20 Å². The number of hydrogen-bond acceptors (Lipinski definition) is 3. The summed E-state index contributed by atoms with van der Waals surface area (Å²) in [5.41, 5.74) is 5.99. The summed E-state index contributed by atoms with van der Waals surface area (Å²) in [5.74, 6) is 0.0920. The van der Waals surface area contributed by atoms with E-state index in [1.807, 2.05) is 10.9 Å². The molecule has 4 heteroatoms.